The number of nitrogens with zero attached hydrogens (tertiary/aromatic N) is 4. The molecular weight excluding hydrogens is 323 g/mol. The molecule has 24 heavy (non-hydrogen) atoms. The number of amides is 1. The number of aromatic nitrogens is 3. The van der Waals surface area contributed by atoms with E-state index in [1.54, 1.807) is 9.58 Å². The SMILES string of the molecule is N[C@@H](CC(=O)N1CCc2ncnn2C1)Cc1cc(F)c(F)cc1F. The monoisotopic (exact) mass is 339 g/mol. The second-order valence-electron chi connectivity index (χ2n) is 5.75. The van der Waals surface area contributed by atoms with Gasteiger partial charge in [-0.25, -0.2) is 22.8 Å². The van der Waals surface area contributed by atoms with E-state index in [1.807, 2.05) is 0 Å². The predicted octanol–water partition coefficient (Wildman–Crippen LogP) is 0.998. The Morgan fingerprint density at radius 2 is 2.00 bits per heavy atom. The van der Waals surface area contributed by atoms with Crippen molar-refractivity contribution in [2.75, 3.05) is 6.54 Å². The Bertz CT molecular complexity index is 764. The first-order chi connectivity index (χ1) is 11.4. The van der Waals surface area contributed by atoms with E-state index in [-0.39, 0.29) is 24.3 Å². The van der Waals surface area contributed by atoms with Crippen molar-refractivity contribution in [3.05, 3.63) is 47.3 Å². The highest BCUT2D eigenvalue weighted by Crippen LogP contribution is 2.16. The lowest BCUT2D eigenvalue weighted by atomic mass is 10.0. The molecule has 0 unspecified atom stereocenters. The summed E-state index contributed by atoms with van der Waals surface area (Å²) in [5.41, 5.74) is 5.83. The van der Waals surface area contributed by atoms with Gasteiger partial charge < -0.3 is 10.6 Å². The third-order valence-corrected chi connectivity index (χ3v) is 3.97. The van der Waals surface area contributed by atoms with Crippen LogP contribution >= 0.6 is 0 Å². The van der Waals surface area contributed by atoms with Crippen LogP contribution in [0, 0.1) is 17.5 Å². The van der Waals surface area contributed by atoms with Gasteiger partial charge in [-0.05, 0) is 18.1 Å². The van der Waals surface area contributed by atoms with Gasteiger partial charge in [0.05, 0.1) is 0 Å². The fourth-order valence-corrected chi connectivity index (χ4v) is 2.70. The summed E-state index contributed by atoms with van der Waals surface area (Å²) in [6.07, 6.45) is 1.94. The van der Waals surface area contributed by atoms with E-state index in [1.165, 1.54) is 6.33 Å². The van der Waals surface area contributed by atoms with E-state index in [2.05, 4.69) is 10.1 Å². The first kappa shape index (κ1) is 16.4. The first-order valence-electron chi connectivity index (χ1n) is 7.47. The molecule has 0 saturated carbocycles. The second kappa shape index (κ2) is 6.60. The van der Waals surface area contributed by atoms with Crippen molar-refractivity contribution in [2.45, 2.75) is 32.0 Å². The van der Waals surface area contributed by atoms with Crippen molar-refractivity contribution in [3.63, 3.8) is 0 Å². The van der Waals surface area contributed by atoms with Gasteiger partial charge in [-0.1, -0.05) is 0 Å². The maximum Gasteiger partial charge on any atom is 0.225 e. The standard InChI is InChI=1S/C15H16F3N5O/c16-11-6-13(18)12(17)4-9(11)3-10(19)5-15(24)22-2-1-14-20-7-21-23(14)8-22/h4,6-7,10H,1-3,5,8,19H2/t10-/m1/s1. The van der Waals surface area contributed by atoms with Gasteiger partial charge >= 0.3 is 0 Å². The third-order valence-electron chi connectivity index (χ3n) is 3.97. The zero-order valence-corrected chi connectivity index (χ0v) is 12.8. The summed E-state index contributed by atoms with van der Waals surface area (Å²) < 4.78 is 41.4. The van der Waals surface area contributed by atoms with Crippen LogP contribution in [0.5, 0.6) is 0 Å². The molecular formula is C15H16F3N5O. The number of nitrogens with two attached hydrogens (primary N) is 1. The summed E-state index contributed by atoms with van der Waals surface area (Å²) in [6.45, 7) is 0.796. The number of rotatable bonds is 4. The van der Waals surface area contributed by atoms with Crippen LogP contribution in [0.1, 0.15) is 17.8 Å². The van der Waals surface area contributed by atoms with E-state index in [0.29, 0.717) is 25.7 Å². The minimum absolute atomic E-state index is 0.0253. The maximum atomic E-state index is 13.6. The van der Waals surface area contributed by atoms with E-state index in [4.69, 9.17) is 5.73 Å². The largest absolute Gasteiger partial charge is 0.327 e. The Labute approximate surface area is 136 Å². The topological polar surface area (TPSA) is 77.0 Å². The van der Waals surface area contributed by atoms with Crippen LogP contribution in [0.4, 0.5) is 13.2 Å². The summed E-state index contributed by atoms with van der Waals surface area (Å²) in [7, 11) is 0. The minimum Gasteiger partial charge on any atom is -0.327 e. The van der Waals surface area contributed by atoms with Gasteiger partial charge in [0.25, 0.3) is 0 Å². The molecule has 1 amide bonds. The van der Waals surface area contributed by atoms with Crippen molar-refractivity contribution in [1.29, 1.82) is 0 Å². The zero-order chi connectivity index (χ0) is 17.3. The van der Waals surface area contributed by atoms with Gasteiger partial charge in [0.1, 0.15) is 24.6 Å². The molecule has 1 aromatic heterocycles. The summed E-state index contributed by atoms with van der Waals surface area (Å²) >= 11 is 0. The minimum atomic E-state index is -1.25. The van der Waals surface area contributed by atoms with E-state index in [9.17, 15) is 18.0 Å². The van der Waals surface area contributed by atoms with Crippen LogP contribution in [-0.2, 0) is 24.3 Å². The normalized spacial score (nSPS) is 15.2. The molecule has 0 spiro atoms. The van der Waals surface area contributed by atoms with Crippen molar-refractivity contribution in [1.82, 2.24) is 19.7 Å². The van der Waals surface area contributed by atoms with Gasteiger partial charge in [-0.2, -0.15) is 5.10 Å². The molecule has 6 nitrogen and oxygen atoms in total. The van der Waals surface area contributed by atoms with Gasteiger partial charge in [0.2, 0.25) is 5.91 Å². The molecule has 0 radical (unpaired) electrons. The molecule has 2 heterocycles. The Kier molecular flexibility index (Phi) is 4.52. The highest BCUT2D eigenvalue weighted by molar-refractivity contribution is 5.76. The molecule has 0 saturated heterocycles. The van der Waals surface area contributed by atoms with Crippen molar-refractivity contribution in [3.8, 4) is 0 Å². The molecule has 0 bridgehead atoms. The smallest absolute Gasteiger partial charge is 0.225 e. The Balaban J connectivity index is 1.60. The molecule has 0 aliphatic carbocycles. The lowest BCUT2D eigenvalue weighted by Gasteiger charge is -2.28. The molecule has 1 atom stereocenters. The summed E-state index contributed by atoms with van der Waals surface area (Å²) in [5, 5.41) is 4.02. The Morgan fingerprint density at radius 3 is 2.79 bits per heavy atom. The van der Waals surface area contributed by atoms with Gasteiger partial charge in [0, 0.05) is 31.5 Å². The van der Waals surface area contributed by atoms with E-state index < -0.39 is 23.5 Å². The van der Waals surface area contributed by atoms with Crippen LogP contribution in [0.2, 0.25) is 0 Å². The molecule has 1 aromatic carbocycles. The van der Waals surface area contributed by atoms with Crippen molar-refractivity contribution < 1.29 is 18.0 Å². The lowest BCUT2D eigenvalue weighted by Crippen LogP contribution is -2.42. The number of fused-ring (bicyclic) bond motifs is 1. The molecule has 3 rings (SSSR count). The fourth-order valence-electron chi connectivity index (χ4n) is 2.70. The summed E-state index contributed by atoms with van der Waals surface area (Å²) in [6, 6.07) is 0.558. The Hall–Kier alpha value is -2.42. The van der Waals surface area contributed by atoms with Gasteiger partial charge in [-0.15, -0.1) is 0 Å². The number of carbonyl (C=O) groups excluding carboxylic acids is 1. The average Bonchev–Trinajstić information content (AvgIpc) is 3.00. The Morgan fingerprint density at radius 1 is 1.25 bits per heavy atom. The van der Waals surface area contributed by atoms with E-state index >= 15 is 0 Å². The molecule has 2 aromatic rings. The average molecular weight is 339 g/mol. The van der Waals surface area contributed by atoms with Crippen molar-refractivity contribution in [2.24, 2.45) is 5.73 Å². The highest BCUT2D eigenvalue weighted by atomic mass is 19.2. The van der Waals surface area contributed by atoms with Crippen LogP contribution in [0.25, 0.3) is 0 Å². The number of hydrogen-bond acceptors (Lipinski definition) is 4. The number of carbonyl (C=O) groups is 1. The summed E-state index contributed by atoms with van der Waals surface area (Å²) in [5.74, 6) is -2.65. The highest BCUT2D eigenvalue weighted by Gasteiger charge is 2.23. The summed E-state index contributed by atoms with van der Waals surface area (Å²) in [4.78, 5) is 18.0. The van der Waals surface area contributed by atoms with Crippen LogP contribution < -0.4 is 5.73 Å². The zero-order valence-electron chi connectivity index (χ0n) is 12.8. The van der Waals surface area contributed by atoms with Crippen molar-refractivity contribution >= 4 is 5.91 Å². The molecule has 1 aliphatic heterocycles. The third kappa shape index (κ3) is 3.40. The molecule has 2 N–H and O–H groups in total. The predicted molar refractivity (Wildman–Crippen MR) is 78.1 cm³/mol. The molecule has 0 fully saturated rings. The first-order valence-corrected chi connectivity index (χ1v) is 7.47. The van der Waals surface area contributed by atoms with Crippen LogP contribution in [0.15, 0.2) is 18.5 Å². The van der Waals surface area contributed by atoms with E-state index in [0.717, 1.165) is 11.9 Å². The quantitative estimate of drug-likeness (QED) is 0.843. The number of benzene rings is 1. The fraction of sp³-hybridized carbons (Fsp3) is 0.400. The second-order valence-corrected chi connectivity index (χ2v) is 5.75. The molecule has 9 heteroatoms. The van der Waals surface area contributed by atoms with Gasteiger partial charge in [-0.3, -0.25) is 4.79 Å². The van der Waals surface area contributed by atoms with Gasteiger partial charge in [0.15, 0.2) is 11.6 Å². The number of hydrogen-bond donors (Lipinski definition) is 1. The van der Waals surface area contributed by atoms with Crippen LogP contribution in [-0.4, -0.2) is 38.2 Å². The lowest BCUT2D eigenvalue weighted by molar-refractivity contribution is -0.134. The number of halogens is 3. The van der Waals surface area contributed by atoms with Crippen LogP contribution in [0.3, 0.4) is 0 Å². The molecule has 128 valence electrons. The molecule has 1 aliphatic rings. The maximum absolute atomic E-state index is 13.6.